The zero-order valence-corrected chi connectivity index (χ0v) is 16.3. The predicted octanol–water partition coefficient (Wildman–Crippen LogP) is 3.92. The van der Waals surface area contributed by atoms with Gasteiger partial charge in [-0.25, -0.2) is 4.79 Å². The minimum absolute atomic E-state index is 0.303. The lowest BCUT2D eigenvalue weighted by atomic mass is 10.0. The van der Waals surface area contributed by atoms with Crippen molar-refractivity contribution >= 4 is 6.03 Å². The third kappa shape index (κ3) is 6.73. The summed E-state index contributed by atoms with van der Waals surface area (Å²) < 4.78 is 16.5. The molecule has 0 heterocycles. The number of ether oxygens (including phenoxy) is 3. The van der Waals surface area contributed by atoms with Gasteiger partial charge in [0.1, 0.15) is 23.9 Å². The van der Waals surface area contributed by atoms with E-state index in [0.717, 1.165) is 22.8 Å². The zero-order chi connectivity index (χ0) is 19.6. The molecule has 6 nitrogen and oxygen atoms in total. The third-order valence-corrected chi connectivity index (χ3v) is 3.89. The maximum atomic E-state index is 12.0. The molecule has 0 saturated heterocycles. The maximum absolute atomic E-state index is 12.0. The van der Waals surface area contributed by atoms with Crippen LogP contribution >= 0.6 is 0 Å². The minimum Gasteiger partial charge on any atom is -0.497 e. The predicted molar refractivity (Wildman–Crippen MR) is 106 cm³/mol. The third-order valence-electron chi connectivity index (χ3n) is 3.89. The Hall–Kier alpha value is -2.89. The summed E-state index contributed by atoms with van der Waals surface area (Å²) in [6.45, 7) is 6.76. The largest absolute Gasteiger partial charge is 0.497 e. The van der Waals surface area contributed by atoms with Gasteiger partial charge < -0.3 is 24.8 Å². The van der Waals surface area contributed by atoms with Crippen LogP contribution < -0.4 is 24.8 Å². The second-order valence-corrected chi connectivity index (χ2v) is 6.38. The van der Waals surface area contributed by atoms with E-state index in [1.165, 1.54) is 0 Å². The molecule has 146 valence electrons. The molecule has 2 N–H and O–H groups in total. The van der Waals surface area contributed by atoms with Gasteiger partial charge >= 0.3 is 6.03 Å². The Morgan fingerprint density at radius 2 is 1.67 bits per heavy atom. The molecule has 0 aliphatic rings. The van der Waals surface area contributed by atoms with E-state index in [9.17, 15) is 4.79 Å². The Kier molecular flexibility index (Phi) is 7.79. The summed E-state index contributed by atoms with van der Waals surface area (Å²) >= 11 is 0. The fourth-order valence-electron chi connectivity index (χ4n) is 2.53. The van der Waals surface area contributed by atoms with Crippen LogP contribution in [0.15, 0.2) is 48.5 Å². The average molecular weight is 372 g/mol. The summed E-state index contributed by atoms with van der Waals surface area (Å²) in [5, 5.41) is 5.51. The molecule has 0 bridgehead atoms. The Morgan fingerprint density at radius 1 is 1.00 bits per heavy atom. The number of amides is 2. The summed E-state index contributed by atoms with van der Waals surface area (Å²) in [5.74, 6) is 2.62. The van der Waals surface area contributed by atoms with E-state index in [2.05, 4.69) is 24.5 Å². The van der Waals surface area contributed by atoms with Crippen LogP contribution in [0.4, 0.5) is 4.79 Å². The van der Waals surface area contributed by atoms with Crippen molar-refractivity contribution in [2.24, 2.45) is 0 Å². The standard InChI is InChI=1S/C21H28N2O4/c1-15(2)19-7-5-6-8-20(19)27-16(3)23-21(24)22-13-14-26-18-11-9-17(25-4)10-12-18/h5-12,15-16H,13-14H2,1-4H3,(H2,22,23,24). The van der Waals surface area contributed by atoms with Crippen molar-refractivity contribution < 1.29 is 19.0 Å². The highest BCUT2D eigenvalue weighted by molar-refractivity contribution is 5.74. The second-order valence-electron chi connectivity index (χ2n) is 6.38. The number of hydrogen-bond acceptors (Lipinski definition) is 4. The van der Waals surface area contributed by atoms with Crippen LogP contribution in [-0.2, 0) is 0 Å². The van der Waals surface area contributed by atoms with Gasteiger partial charge in [-0.1, -0.05) is 32.0 Å². The average Bonchev–Trinajstić information content (AvgIpc) is 2.66. The van der Waals surface area contributed by atoms with Crippen LogP contribution in [0.25, 0.3) is 0 Å². The van der Waals surface area contributed by atoms with E-state index in [0.29, 0.717) is 19.1 Å². The molecule has 2 aromatic carbocycles. The quantitative estimate of drug-likeness (QED) is 0.517. The van der Waals surface area contributed by atoms with Crippen molar-refractivity contribution in [3.63, 3.8) is 0 Å². The number of para-hydroxylation sites is 1. The Labute approximate surface area is 160 Å². The topological polar surface area (TPSA) is 68.8 Å². The highest BCUT2D eigenvalue weighted by Gasteiger charge is 2.12. The molecule has 0 spiro atoms. The first-order chi connectivity index (χ1) is 13.0. The van der Waals surface area contributed by atoms with Gasteiger partial charge in [-0.2, -0.15) is 0 Å². The molecular formula is C21H28N2O4. The van der Waals surface area contributed by atoms with Crippen molar-refractivity contribution in [1.82, 2.24) is 10.6 Å². The number of rotatable bonds is 9. The SMILES string of the molecule is COc1ccc(OCCNC(=O)NC(C)Oc2ccccc2C(C)C)cc1. The number of urea groups is 1. The normalized spacial score (nSPS) is 11.6. The van der Waals surface area contributed by atoms with Crippen molar-refractivity contribution in [2.45, 2.75) is 32.9 Å². The highest BCUT2D eigenvalue weighted by atomic mass is 16.5. The van der Waals surface area contributed by atoms with Crippen molar-refractivity contribution in [3.05, 3.63) is 54.1 Å². The number of methoxy groups -OCH3 is 1. The maximum Gasteiger partial charge on any atom is 0.317 e. The van der Waals surface area contributed by atoms with Crippen LogP contribution in [0.3, 0.4) is 0 Å². The highest BCUT2D eigenvalue weighted by Crippen LogP contribution is 2.26. The molecule has 1 unspecified atom stereocenters. The van der Waals surface area contributed by atoms with Crippen LogP contribution in [0, 0.1) is 0 Å². The summed E-state index contributed by atoms with van der Waals surface area (Å²) in [4.78, 5) is 12.0. The summed E-state index contributed by atoms with van der Waals surface area (Å²) in [6.07, 6.45) is -0.451. The summed E-state index contributed by atoms with van der Waals surface area (Å²) in [7, 11) is 1.62. The molecule has 2 rings (SSSR count). The van der Waals surface area contributed by atoms with Gasteiger partial charge in [0, 0.05) is 0 Å². The van der Waals surface area contributed by atoms with Crippen molar-refractivity contribution in [1.29, 1.82) is 0 Å². The Morgan fingerprint density at radius 3 is 2.33 bits per heavy atom. The van der Waals surface area contributed by atoms with Gasteiger partial charge in [0.15, 0.2) is 6.23 Å². The molecule has 2 amide bonds. The molecule has 0 fully saturated rings. The Balaban J connectivity index is 1.70. The van der Waals surface area contributed by atoms with E-state index in [-0.39, 0.29) is 6.03 Å². The van der Waals surface area contributed by atoms with Gasteiger partial charge in [0.2, 0.25) is 0 Å². The number of nitrogens with one attached hydrogen (secondary N) is 2. The van der Waals surface area contributed by atoms with Crippen LogP contribution in [0.1, 0.15) is 32.3 Å². The number of benzene rings is 2. The van der Waals surface area contributed by atoms with E-state index < -0.39 is 6.23 Å². The molecule has 27 heavy (non-hydrogen) atoms. The Bertz CT molecular complexity index is 716. The zero-order valence-electron chi connectivity index (χ0n) is 16.3. The smallest absolute Gasteiger partial charge is 0.317 e. The number of carbonyl (C=O) groups is 1. The lowest BCUT2D eigenvalue weighted by Crippen LogP contribution is -2.44. The summed E-state index contributed by atoms with van der Waals surface area (Å²) in [6, 6.07) is 14.8. The first-order valence-corrected chi connectivity index (χ1v) is 9.06. The van der Waals surface area contributed by atoms with E-state index in [1.807, 2.05) is 48.5 Å². The molecule has 0 radical (unpaired) electrons. The fourth-order valence-corrected chi connectivity index (χ4v) is 2.53. The van der Waals surface area contributed by atoms with Gasteiger partial charge in [-0.3, -0.25) is 0 Å². The molecule has 2 aromatic rings. The molecule has 0 saturated carbocycles. The first-order valence-electron chi connectivity index (χ1n) is 9.06. The van der Waals surface area contributed by atoms with Gasteiger partial charge in [-0.05, 0) is 48.7 Å². The lowest BCUT2D eigenvalue weighted by Gasteiger charge is -2.20. The number of carbonyl (C=O) groups excluding carboxylic acids is 1. The second kappa shape index (κ2) is 10.3. The molecular weight excluding hydrogens is 344 g/mol. The number of hydrogen-bond donors (Lipinski definition) is 2. The molecule has 0 aromatic heterocycles. The lowest BCUT2D eigenvalue weighted by molar-refractivity contribution is 0.174. The molecule has 6 heteroatoms. The molecule has 0 aliphatic heterocycles. The van der Waals surface area contributed by atoms with E-state index in [4.69, 9.17) is 14.2 Å². The summed E-state index contributed by atoms with van der Waals surface area (Å²) in [5.41, 5.74) is 1.11. The minimum atomic E-state index is -0.451. The van der Waals surface area contributed by atoms with Crippen molar-refractivity contribution in [2.75, 3.05) is 20.3 Å². The first kappa shape index (κ1) is 20.4. The van der Waals surface area contributed by atoms with Gasteiger partial charge in [0.05, 0.1) is 13.7 Å². The van der Waals surface area contributed by atoms with Crippen molar-refractivity contribution in [3.8, 4) is 17.2 Å². The van der Waals surface area contributed by atoms with Gasteiger partial charge in [-0.15, -0.1) is 0 Å². The van der Waals surface area contributed by atoms with Crippen LogP contribution in [0.2, 0.25) is 0 Å². The van der Waals surface area contributed by atoms with Crippen LogP contribution in [0.5, 0.6) is 17.2 Å². The van der Waals surface area contributed by atoms with E-state index >= 15 is 0 Å². The van der Waals surface area contributed by atoms with Gasteiger partial charge in [0.25, 0.3) is 0 Å². The fraction of sp³-hybridized carbons (Fsp3) is 0.381. The monoisotopic (exact) mass is 372 g/mol. The molecule has 0 aliphatic carbocycles. The molecule has 1 atom stereocenters. The van der Waals surface area contributed by atoms with Crippen LogP contribution in [-0.4, -0.2) is 32.5 Å². The van der Waals surface area contributed by atoms with E-state index in [1.54, 1.807) is 14.0 Å².